The number of rotatable bonds is 7. The van der Waals surface area contributed by atoms with Crippen LogP contribution in [-0.4, -0.2) is 40.2 Å². The highest BCUT2D eigenvalue weighted by Crippen LogP contribution is 2.43. The second kappa shape index (κ2) is 8.37. The van der Waals surface area contributed by atoms with E-state index < -0.39 is 5.91 Å². The van der Waals surface area contributed by atoms with E-state index in [1.165, 1.54) is 11.3 Å². The first kappa shape index (κ1) is 19.6. The van der Waals surface area contributed by atoms with Gasteiger partial charge in [-0.2, -0.15) is 5.21 Å². The van der Waals surface area contributed by atoms with E-state index in [4.69, 9.17) is 14.2 Å². The summed E-state index contributed by atoms with van der Waals surface area (Å²) in [7, 11) is 1.61. The molecule has 0 spiro atoms. The van der Waals surface area contributed by atoms with E-state index in [9.17, 15) is 4.79 Å². The molecule has 0 saturated carbocycles. The molecule has 2 heterocycles. The number of ether oxygens (including phenoxy) is 3. The Bertz CT molecular complexity index is 1170. The predicted molar refractivity (Wildman–Crippen MR) is 113 cm³/mol. The molecule has 0 atom stereocenters. The maximum atomic E-state index is 12.9. The van der Waals surface area contributed by atoms with Crippen molar-refractivity contribution in [2.24, 2.45) is 0 Å². The Morgan fingerprint density at radius 1 is 1.20 bits per heavy atom. The summed E-state index contributed by atoms with van der Waals surface area (Å²) in [6.07, 6.45) is 0. The van der Waals surface area contributed by atoms with Gasteiger partial charge in [0, 0.05) is 10.1 Å². The summed E-state index contributed by atoms with van der Waals surface area (Å²) in [6.45, 7) is 4.44. The highest BCUT2D eigenvalue weighted by Gasteiger charge is 2.23. The van der Waals surface area contributed by atoms with Gasteiger partial charge in [0.05, 0.1) is 13.7 Å². The fraction of sp³-hybridized carbons (Fsp3) is 0.200. The molecule has 0 radical (unpaired) electrons. The molecule has 0 saturated heterocycles. The van der Waals surface area contributed by atoms with Crippen molar-refractivity contribution in [3.8, 4) is 23.0 Å². The van der Waals surface area contributed by atoms with E-state index in [1.54, 1.807) is 19.2 Å². The lowest BCUT2D eigenvalue weighted by molar-refractivity contribution is 0.102. The van der Waals surface area contributed by atoms with Crippen LogP contribution in [0.2, 0.25) is 0 Å². The number of aromatic amines is 1. The number of fused-ring (bicyclic) bond motifs is 1. The van der Waals surface area contributed by atoms with Crippen LogP contribution in [0, 0.1) is 6.92 Å². The molecule has 0 fully saturated rings. The topological polar surface area (TPSA) is 111 Å². The van der Waals surface area contributed by atoms with Crippen LogP contribution >= 0.6 is 11.3 Å². The molecule has 4 rings (SSSR count). The van der Waals surface area contributed by atoms with Crippen molar-refractivity contribution in [3.05, 3.63) is 46.8 Å². The summed E-state index contributed by atoms with van der Waals surface area (Å²) in [5.41, 5.74) is 0.935. The number of amides is 1. The largest absolute Gasteiger partial charge is 0.496 e. The summed E-state index contributed by atoms with van der Waals surface area (Å²) < 4.78 is 17.9. The van der Waals surface area contributed by atoms with Gasteiger partial charge in [-0.15, -0.1) is 16.4 Å². The number of methoxy groups -OCH3 is 1. The number of thiophene rings is 1. The summed E-state index contributed by atoms with van der Waals surface area (Å²) in [5, 5.41) is 16.7. The normalized spacial score (nSPS) is 10.8. The van der Waals surface area contributed by atoms with Gasteiger partial charge in [0.1, 0.15) is 22.1 Å². The quantitative estimate of drug-likeness (QED) is 0.457. The maximum absolute atomic E-state index is 12.9. The van der Waals surface area contributed by atoms with Gasteiger partial charge >= 0.3 is 0 Å². The van der Waals surface area contributed by atoms with E-state index in [0.717, 1.165) is 27.1 Å². The summed E-state index contributed by atoms with van der Waals surface area (Å²) in [5.74, 6) is 2.21. The Labute approximate surface area is 176 Å². The summed E-state index contributed by atoms with van der Waals surface area (Å²) in [6, 6.07) is 11.1. The third-order valence-electron chi connectivity index (χ3n) is 4.29. The summed E-state index contributed by atoms with van der Waals surface area (Å²) in [4.78, 5) is 13.3. The number of tetrazole rings is 1. The zero-order valence-corrected chi connectivity index (χ0v) is 17.4. The van der Waals surface area contributed by atoms with Crippen molar-refractivity contribution >= 4 is 33.3 Å². The lowest BCUT2D eigenvalue weighted by atomic mass is 10.1. The molecule has 2 aromatic carbocycles. The fourth-order valence-electron chi connectivity index (χ4n) is 2.94. The van der Waals surface area contributed by atoms with E-state index >= 15 is 0 Å². The van der Waals surface area contributed by atoms with Crippen molar-refractivity contribution < 1.29 is 19.0 Å². The number of nitrogens with zero attached hydrogens (tertiary/aromatic N) is 3. The van der Waals surface area contributed by atoms with E-state index in [2.05, 4.69) is 25.9 Å². The van der Waals surface area contributed by atoms with Gasteiger partial charge in [0.15, 0.2) is 5.75 Å². The van der Waals surface area contributed by atoms with E-state index in [1.807, 2.05) is 38.1 Å². The van der Waals surface area contributed by atoms with Crippen LogP contribution in [0.15, 0.2) is 36.4 Å². The number of carbonyl (C=O) groups excluding carboxylic acids is 1. The van der Waals surface area contributed by atoms with Crippen molar-refractivity contribution in [3.63, 3.8) is 0 Å². The van der Waals surface area contributed by atoms with Gasteiger partial charge in [-0.1, -0.05) is 5.10 Å². The smallest absolute Gasteiger partial charge is 0.272 e. The van der Waals surface area contributed by atoms with Gasteiger partial charge < -0.3 is 14.2 Å². The second-order valence-corrected chi connectivity index (χ2v) is 7.33. The van der Waals surface area contributed by atoms with Gasteiger partial charge in [-0.3, -0.25) is 10.1 Å². The standard InChI is InChI=1S/C20H19N5O4S/c1-4-28-12-5-7-13(8-6-12)29-17-14-9-11(2)15(27-3)10-16(14)30-18(17)19(26)21-20-22-24-25-23-20/h5-10H,4H2,1-3H3,(H2,21,22,23,24,25,26). The number of benzene rings is 2. The van der Waals surface area contributed by atoms with Crippen LogP contribution in [0.25, 0.3) is 10.1 Å². The Morgan fingerprint density at radius 3 is 2.63 bits per heavy atom. The monoisotopic (exact) mass is 425 g/mol. The first-order valence-electron chi connectivity index (χ1n) is 9.15. The van der Waals surface area contributed by atoms with Crippen LogP contribution in [0.5, 0.6) is 23.0 Å². The third-order valence-corrected chi connectivity index (χ3v) is 5.42. The van der Waals surface area contributed by atoms with Gasteiger partial charge in [0.2, 0.25) is 0 Å². The lowest BCUT2D eigenvalue weighted by Crippen LogP contribution is -2.12. The number of H-pyrrole nitrogens is 1. The Balaban J connectivity index is 1.75. The van der Waals surface area contributed by atoms with Crippen LogP contribution in [0.3, 0.4) is 0 Å². The number of carbonyl (C=O) groups is 1. The van der Waals surface area contributed by atoms with Crippen molar-refractivity contribution in [1.29, 1.82) is 0 Å². The average Bonchev–Trinajstić information content (AvgIpc) is 3.37. The molecule has 30 heavy (non-hydrogen) atoms. The first-order valence-corrected chi connectivity index (χ1v) is 9.97. The molecule has 9 nitrogen and oxygen atoms in total. The third kappa shape index (κ3) is 3.90. The minimum absolute atomic E-state index is 0.0817. The van der Waals surface area contributed by atoms with Crippen molar-refractivity contribution in [2.75, 3.05) is 19.0 Å². The van der Waals surface area contributed by atoms with Gasteiger partial charge in [0.25, 0.3) is 11.9 Å². The molecule has 1 amide bonds. The van der Waals surface area contributed by atoms with E-state index in [-0.39, 0.29) is 5.95 Å². The average molecular weight is 425 g/mol. The molecule has 154 valence electrons. The molecule has 0 aliphatic carbocycles. The lowest BCUT2D eigenvalue weighted by Gasteiger charge is -2.10. The summed E-state index contributed by atoms with van der Waals surface area (Å²) >= 11 is 1.29. The fourth-order valence-corrected chi connectivity index (χ4v) is 3.98. The maximum Gasteiger partial charge on any atom is 0.272 e. The second-order valence-electron chi connectivity index (χ2n) is 6.27. The van der Waals surface area contributed by atoms with Crippen LogP contribution in [-0.2, 0) is 0 Å². The van der Waals surface area contributed by atoms with Crippen LogP contribution in [0.1, 0.15) is 22.2 Å². The van der Waals surface area contributed by atoms with Gasteiger partial charge in [-0.25, -0.2) is 0 Å². The van der Waals surface area contributed by atoms with Crippen molar-refractivity contribution in [1.82, 2.24) is 20.6 Å². The number of nitrogens with one attached hydrogen (secondary N) is 2. The zero-order chi connectivity index (χ0) is 21.1. The molecule has 10 heteroatoms. The Hall–Kier alpha value is -3.66. The predicted octanol–water partition coefficient (Wildman–Crippen LogP) is 4.17. The molecule has 2 aromatic heterocycles. The van der Waals surface area contributed by atoms with Gasteiger partial charge in [-0.05, 0) is 61.0 Å². The number of aryl methyl sites for hydroxylation is 1. The number of hydrogen-bond donors (Lipinski definition) is 2. The minimum atomic E-state index is -0.393. The van der Waals surface area contributed by atoms with Crippen LogP contribution in [0.4, 0.5) is 5.95 Å². The molecule has 0 unspecified atom stereocenters. The van der Waals surface area contributed by atoms with E-state index in [0.29, 0.717) is 23.0 Å². The number of hydrogen-bond acceptors (Lipinski definition) is 8. The van der Waals surface area contributed by atoms with Crippen molar-refractivity contribution in [2.45, 2.75) is 13.8 Å². The molecular formula is C20H19N5O4S. The first-order chi connectivity index (χ1) is 14.6. The number of anilines is 1. The minimum Gasteiger partial charge on any atom is -0.496 e. The zero-order valence-electron chi connectivity index (χ0n) is 16.6. The van der Waals surface area contributed by atoms with Crippen LogP contribution < -0.4 is 19.5 Å². The molecule has 0 aliphatic heterocycles. The highest BCUT2D eigenvalue weighted by atomic mass is 32.1. The molecule has 0 aliphatic rings. The molecular weight excluding hydrogens is 406 g/mol. The molecule has 4 aromatic rings. The SMILES string of the molecule is CCOc1ccc(Oc2c(C(=O)Nc3nn[nH]n3)sc3cc(OC)c(C)cc23)cc1. The Morgan fingerprint density at radius 2 is 1.97 bits per heavy atom. The number of aromatic nitrogens is 4. The molecule has 0 bridgehead atoms. The Kier molecular flexibility index (Phi) is 5.48. The highest BCUT2D eigenvalue weighted by molar-refractivity contribution is 7.21. The molecule has 2 N–H and O–H groups in total.